The molecule has 1 saturated heterocycles. The molecule has 0 spiro atoms. The Morgan fingerprint density at radius 1 is 1.64 bits per heavy atom. The van der Waals surface area contributed by atoms with Crippen molar-refractivity contribution >= 4 is 5.91 Å². The van der Waals surface area contributed by atoms with Crippen LogP contribution in [0.3, 0.4) is 0 Å². The highest BCUT2D eigenvalue weighted by atomic mass is 16.3. The molecular weight excluding hydrogens is 180 g/mol. The zero-order valence-corrected chi connectivity index (χ0v) is 8.99. The monoisotopic (exact) mass is 200 g/mol. The lowest BCUT2D eigenvalue weighted by atomic mass is 10.0. The third kappa shape index (κ3) is 2.69. The maximum Gasteiger partial charge on any atom is 0.242 e. The fourth-order valence-electron chi connectivity index (χ4n) is 1.84. The van der Waals surface area contributed by atoms with Crippen LogP contribution in [-0.2, 0) is 4.79 Å². The second-order valence-corrected chi connectivity index (χ2v) is 4.64. The van der Waals surface area contributed by atoms with Gasteiger partial charge in [0.2, 0.25) is 5.91 Å². The van der Waals surface area contributed by atoms with E-state index in [0.29, 0.717) is 5.92 Å². The van der Waals surface area contributed by atoms with Crippen molar-refractivity contribution in [3.8, 4) is 0 Å². The minimum Gasteiger partial charge on any atom is -0.396 e. The van der Waals surface area contributed by atoms with Gasteiger partial charge in [-0.25, -0.2) is 0 Å². The number of nitrogens with two attached hydrogens (primary N) is 1. The summed E-state index contributed by atoms with van der Waals surface area (Å²) in [6, 6.07) is 0. The van der Waals surface area contributed by atoms with E-state index in [9.17, 15) is 4.79 Å². The van der Waals surface area contributed by atoms with Crippen molar-refractivity contribution in [1.29, 1.82) is 0 Å². The van der Waals surface area contributed by atoms with Crippen molar-refractivity contribution in [1.82, 2.24) is 4.90 Å². The number of carbonyl (C=O) groups excluding carboxylic acids is 1. The molecule has 1 rings (SSSR count). The van der Waals surface area contributed by atoms with Gasteiger partial charge in [0, 0.05) is 19.7 Å². The van der Waals surface area contributed by atoms with Crippen LogP contribution in [0.5, 0.6) is 0 Å². The van der Waals surface area contributed by atoms with Gasteiger partial charge < -0.3 is 15.7 Å². The molecule has 3 N–H and O–H groups in total. The molecule has 4 heteroatoms. The number of carbonyl (C=O) groups is 1. The lowest BCUT2D eigenvalue weighted by Gasteiger charge is -2.25. The second-order valence-electron chi connectivity index (χ2n) is 4.64. The molecule has 0 bridgehead atoms. The first-order chi connectivity index (χ1) is 6.45. The predicted octanol–water partition coefficient (Wildman–Crippen LogP) is -0.0454. The Morgan fingerprint density at radius 2 is 2.29 bits per heavy atom. The maximum absolute atomic E-state index is 11.8. The van der Waals surface area contributed by atoms with Crippen molar-refractivity contribution in [2.75, 3.05) is 19.7 Å². The molecule has 0 aromatic heterocycles. The standard InChI is InChI=1S/C10H20N2O2/c1-10(2,11)9(14)12-5-3-8(7-12)4-6-13/h8,13H,3-7,11H2,1-2H3. The summed E-state index contributed by atoms with van der Waals surface area (Å²) in [5, 5.41) is 8.78. The molecular formula is C10H20N2O2. The molecule has 4 nitrogen and oxygen atoms in total. The normalized spacial score (nSPS) is 22.9. The molecule has 1 aliphatic heterocycles. The largest absolute Gasteiger partial charge is 0.396 e. The summed E-state index contributed by atoms with van der Waals surface area (Å²) in [7, 11) is 0. The number of likely N-dealkylation sites (tertiary alicyclic amines) is 1. The summed E-state index contributed by atoms with van der Waals surface area (Å²) in [6.07, 6.45) is 1.77. The highest BCUT2D eigenvalue weighted by Crippen LogP contribution is 2.21. The number of rotatable bonds is 3. The van der Waals surface area contributed by atoms with Gasteiger partial charge in [-0.2, -0.15) is 0 Å². The quantitative estimate of drug-likeness (QED) is 0.671. The van der Waals surface area contributed by atoms with E-state index in [1.807, 2.05) is 0 Å². The van der Waals surface area contributed by atoms with Crippen LogP contribution in [0.15, 0.2) is 0 Å². The molecule has 0 radical (unpaired) electrons. The van der Waals surface area contributed by atoms with Crippen LogP contribution in [0, 0.1) is 5.92 Å². The van der Waals surface area contributed by atoms with E-state index in [2.05, 4.69) is 0 Å². The van der Waals surface area contributed by atoms with Crippen LogP contribution in [0.4, 0.5) is 0 Å². The molecule has 0 saturated carbocycles. The van der Waals surface area contributed by atoms with Crippen LogP contribution in [0.1, 0.15) is 26.7 Å². The first kappa shape index (κ1) is 11.5. The molecule has 82 valence electrons. The Morgan fingerprint density at radius 3 is 2.79 bits per heavy atom. The highest BCUT2D eigenvalue weighted by Gasteiger charge is 2.32. The summed E-state index contributed by atoms with van der Waals surface area (Å²) in [6.45, 7) is 5.20. The van der Waals surface area contributed by atoms with Crippen molar-refractivity contribution in [2.45, 2.75) is 32.2 Å². The molecule has 1 atom stereocenters. The van der Waals surface area contributed by atoms with Crippen molar-refractivity contribution in [3.05, 3.63) is 0 Å². The summed E-state index contributed by atoms with van der Waals surface area (Å²) in [4.78, 5) is 13.6. The van der Waals surface area contributed by atoms with Gasteiger partial charge in [0.25, 0.3) is 0 Å². The summed E-state index contributed by atoms with van der Waals surface area (Å²) in [5.41, 5.74) is 4.97. The van der Waals surface area contributed by atoms with Gasteiger partial charge in [-0.15, -0.1) is 0 Å². The first-order valence-corrected chi connectivity index (χ1v) is 5.14. The predicted molar refractivity (Wildman–Crippen MR) is 54.7 cm³/mol. The van der Waals surface area contributed by atoms with E-state index in [1.54, 1.807) is 18.7 Å². The van der Waals surface area contributed by atoms with Gasteiger partial charge in [0.1, 0.15) is 0 Å². The van der Waals surface area contributed by atoms with E-state index in [1.165, 1.54) is 0 Å². The summed E-state index contributed by atoms with van der Waals surface area (Å²) >= 11 is 0. The average molecular weight is 200 g/mol. The number of aliphatic hydroxyl groups excluding tert-OH is 1. The third-order valence-corrected chi connectivity index (χ3v) is 2.66. The van der Waals surface area contributed by atoms with Gasteiger partial charge in [-0.05, 0) is 32.6 Å². The Bertz CT molecular complexity index is 211. The number of amides is 1. The van der Waals surface area contributed by atoms with Gasteiger partial charge in [0.15, 0.2) is 0 Å². The Hall–Kier alpha value is -0.610. The van der Waals surface area contributed by atoms with Crippen molar-refractivity contribution in [2.24, 2.45) is 11.7 Å². The van der Waals surface area contributed by atoms with E-state index in [-0.39, 0.29) is 12.5 Å². The van der Waals surface area contributed by atoms with Crippen LogP contribution in [0.2, 0.25) is 0 Å². The molecule has 1 fully saturated rings. The maximum atomic E-state index is 11.8. The number of nitrogens with zero attached hydrogens (tertiary/aromatic N) is 1. The highest BCUT2D eigenvalue weighted by molar-refractivity contribution is 5.85. The van der Waals surface area contributed by atoms with Gasteiger partial charge in [0.05, 0.1) is 5.54 Å². The topological polar surface area (TPSA) is 66.6 Å². The average Bonchev–Trinajstić information content (AvgIpc) is 2.50. The van der Waals surface area contributed by atoms with Crippen LogP contribution in [0.25, 0.3) is 0 Å². The van der Waals surface area contributed by atoms with Crippen LogP contribution >= 0.6 is 0 Å². The number of hydrogen-bond acceptors (Lipinski definition) is 3. The summed E-state index contributed by atoms with van der Waals surface area (Å²) < 4.78 is 0. The van der Waals surface area contributed by atoms with Crippen LogP contribution < -0.4 is 5.73 Å². The fraction of sp³-hybridized carbons (Fsp3) is 0.900. The molecule has 1 amide bonds. The van der Waals surface area contributed by atoms with Crippen molar-refractivity contribution < 1.29 is 9.90 Å². The van der Waals surface area contributed by atoms with E-state index >= 15 is 0 Å². The number of aliphatic hydroxyl groups is 1. The lowest BCUT2D eigenvalue weighted by Crippen LogP contribution is -2.50. The molecule has 1 heterocycles. The molecule has 1 unspecified atom stereocenters. The van der Waals surface area contributed by atoms with E-state index in [0.717, 1.165) is 25.9 Å². The minimum absolute atomic E-state index is 0.0120. The number of hydrogen-bond donors (Lipinski definition) is 2. The molecule has 1 aliphatic rings. The molecule has 0 aromatic carbocycles. The second kappa shape index (κ2) is 4.28. The van der Waals surface area contributed by atoms with E-state index in [4.69, 9.17) is 10.8 Å². The summed E-state index contributed by atoms with van der Waals surface area (Å²) in [5.74, 6) is 0.462. The SMILES string of the molecule is CC(C)(N)C(=O)N1CCC(CCO)C1. The third-order valence-electron chi connectivity index (χ3n) is 2.66. The first-order valence-electron chi connectivity index (χ1n) is 5.14. The van der Waals surface area contributed by atoms with Crippen molar-refractivity contribution in [3.63, 3.8) is 0 Å². The minimum atomic E-state index is -0.770. The Labute approximate surface area is 85.1 Å². The Kier molecular flexibility index (Phi) is 3.50. The van der Waals surface area contributed by atoms with Gasteiger partial charge in [-0.3, -0.25) is 4.79 Å². The zero-order chi connectivity index (χ0) is 10.8. The van der Waals surface area contributed by atoms with Crippen LogP contribution in [-0.4, -0.2) is 41.1 Å². The van der Waals surface area contributed by atoms with E-state index < -0.39 is 5.54 Å². The van der Waals surface area contributed by atoms with Gasteiger partial charge >= 0.3 is 0 Å². The zero-order valence-electron chi connectivity index (χ0n) is 8.99. The molecule has 14 heavy (non-hydrogen) atoms. The molecule has 0 aliphatic carbocycles. The fourth-order valence-corrected chi connectivity index (χ4v) is 1.84. The van der Waals surface area contributed by atoms with Gasteiger partial charge in [-0.1, -0.05) is 0 Å². The Balaban J connectivity index is 2.46. The lowest BCUT2D eigenvalue weighted by molar-refractivity contribution is -0.134. The smallest absolute Gasteiger partial charge is 0.242 e. The molecule has 0 aromatic rings.